The van der Waals surface area contributed by atoms with Crippen LogP contribution in [0.15, 0.2) is 12.3 Å². The Bertz CT molecular complexity index is 1460. The molecule has 0 unspecified atom stereocenters. The summed E-state index contributed by atoms with van der Waals surface area (Å²) >= 11 is 0. The van der Waals surface area contributed by atoms with Crippen molar-refractivity contribution in [3.05, 3.63) is 51.8 Å². The number of rotatable bonds is 6. The Morgan fingerprint density at radius 2 is 2.02 bits per heavy atom. The molecule has 0 saturated carbocycles. The first-order valence-electron chi connectivity index (χ1n) is 12.7. The van der Waals surface area contributed by atoms with Gasteiger partial charge in [-0.2, -0.15) is 18.3 Å². The second kappa shape index (κ2) is 11.9. The first kappa shape index (κ1) is 30.0. The number of halogens is 5. The van der Waals surface area contributed by atoms with Crippen LogP contribution in [-0.2, 0) is 26.2 Å². The number of aliphatic hydroxyl groups excluding tert-OH is 1. The van der Waals surface area contributed by atoms with Crippen LogP contribution in [0.3, 0.4) is 0 Å². The van der Waals surface area contributed by atoms with Gasteiger partial charge in [-0.3, -0.25) is 14.8 Å². The maximum Gasteiger partial charge on any atom is 0.417 e. The summed E-state index contributed by atoms with van der Waals surface area (Å²) in [6.07, 6.45) is -3.34. The fourth-order valence-corrected chi connectivity index (χ4v) is 4.66. The Balaban J connectivity index is 1.98. The number of nitrogens with one attached hydrogen (secondary N) is 3. The maximum absolute atomic E-state index is 16.4. The first-order valence-corrected chi connectivity index (χ1v) is 12.7. The molecule has 4 rings (SSSR count). The molecule has 6 N–H and O–H groups in total. The normalized spacial score (nSPS) is 16.1. The summed E-state index contributed by atoms with van der Waals surface area (Å²) in [7, 11) is 1.65. The highest BCUT2D eigenvalue weighted by Crippen LogP contribution is 2.44. The third kappa shape index (κ3) is 6.20. The number of carbonyl (C=O) groups is 1. The Hall–Kier alpha value is -3.98. The van der Waals surface area contributed by atoms with Gasteiger partial charge in [-0.15, -0.1) is 0 Å². The Labute approximate surface area is 232 Å². The van der Waals surface area contributed by atoms with Crippen molar-refractivity contribution in [3.8, 4) is 17.1 Å². The van der Waals surface area contributed by atoms with Crippen molar-refractivity contribution in [3.63, 3.8) is 0 Å². The number of aliphatic hydroxyl groups is 1. The third-order valence-electron chi connectivity index (χ3n) is 6.62. The summed E-state index contributed by atoms with van der Waals surface area (Å²) in [4.78, 5) is 17.3. The van der Waals surface area contributed by atoms with Crippen LogP contribution in [0.4, 0.5) is 33.3 Å². The zero-order valence-electron chi connectivity index (χ0n) is 22.5. The minimum atomic E-state index is -5.10. The highest BCUT2D eigenvalue weighted by Gasteiger charge is 2.39. The molecule has 2 aromatic heterocycles. The average Bonchev–Trinajstić information content (AvgIpc) is 3.24. The van der Waals surface area contributed by atoms with Gasteiger partial charge in [-0.25, -0.2) is 13.8 Å². The summed E-state index contributed by atoms with van der Waals surface area (Å²) in [6.45, 7) is 2.67. The average molecular weight is 584 g/mol. The number of hydrogen-bond acceptors (Lipinski definition) is 8. The van der Waals surface area contributed by atoms with E-state index in [0.29, 0.717) is 30.3 Å². The van der Waals surface area contributed by atoms with Crippen LogP contribution in [0, 0.1) is 18.6 Å². The number of pyridine rings is 1. The highest BCUT2D eigenvalue weighted by molar-refractivity contribution is 6.02. The van der Waals surface area contributed by atoms with E-state index in [1.807, 2.05) is 0 Å². The van der Waals surface area contributed by atoms with Gasteiger partial charge in [-0.1, -0.05) is 0 Å². The van der Waals surface area contributed by atoms with Crippen LogP contribution in [-0.4, -0.2) is 51.7 Å². The molecular weight excluding hydrogens is 553 g/mol. The lowest BCUT2D eigenvalue weighted by atomic mass is 9.95. The zero-order chi connectivity index (χ0) is 30.1. The molecule has 222 valence electrons. The van der Waals surface area contributed by atoms with E-state index in [-0.39, 0.29) is 31.8 Å². The predicted octanol–water partition coefficient (Wildman–Crippen LogP) is 3.26. The second-order valence-electron chi connectivity index (χ2n) is 9.66. The maximum atomic E-state index is 16.4. The quantitative estimate of drug-likeness (QED) is 0.220. The van der Waals surface area contributed by atoms with Gasteiger partial charge >= 0.3 is 6.18 Å². The number of nitrogens with zero attached hydrogens (tertiary/aromatic N) is 3. The van der Waals surface area contributed by atoms with Crippen molar-refractivity contribution in [1.82, 2.24) is 25.4 Å². The molecule has 1 amide bonds. The van der Waals surface area contributed by atoms with E-state index in [4.69, 9.17) is 10.5 Å². The molecule has 0 fully saturated rings. The van der Waals surface area contributed by atoms with E-state index in [0.717, 1.165) is 6.92 Å². The van der Waals surface area contributed by atoms with Crippen molar-refractivity contribution in [2.24, 2.45) is 7.05 Å². The van der Waals surface area contributed by atoms with Crippen LogP contribution in [0.1, 0.15) is 46.1 Å². The number of aromatic nitrogens is 3. The second-order valence-corrected chi connectivity index (χ2v) is 9.66. The number of ether oxygens (including phenoxy) is 1. The lowest BCUT2D eigenvalue weighted by molar-refractivity contribution is -0.137. The van der Waals surface area contributed by atoms with Crippen molar-refractivity contribution >= 4 is 17.3 Å². The monoisotopic (exact) mass is 583 g/mol. The molecule has 1 aromatic carbocycles. The number of fused-ring (bicyclic) bond motifs is 1. The van der Waals surface area contributed by atoms with Crippen LogP contribution in [0.5, 0.6) is 5.88 Å². The van der Waals surface area contributed by atoms with Crippen LogP contribution in [0.25, 0.3) is 11.3 Å². The molecule has 15 heteroatoms. The van der Waals surface area contributed by atoms with Gasteiger partial charge in [0.2, 0.25) is 5.88 Å². The number of hydrogen-bond donors (Lipinski definition) is 5. The van der Waals surface area contributed by atoms with Crippen molar-refractivity contribution in [2.45, 2.75) is 45.5 Å². The molecule has 0 saturated heterocycles. The largest absolute Gasteiger partial charge is 0.474 e. The first-order chi connectivity index (χ1) is 19.3. The lowest BCUT2D eigenvalue weighted by Gasteiger charge is -2.24. The summed E-state index contributed by atoms with van der Waals surface area (Å²) in [5, 5.41) is 22.0. The Kier molecular flexibility index (Phi) is 8.68. The van der Waals surface area contributed by atoms with Gasteiger partial charge in [-0.05, 0) is 43.9 Å². The number of nitrogen functional groups attached to an aromatic ring is 1. The number of anilines is 2. The number of carbonyl (C=O) groups excluding carboxylic acids is 1. The molecular formula is C26H30F5N7O3. The lowest BCUT2D eigenvalue weighted by Crippen LogP contribution is -2.37. The summed E-state index contributed by atoms with van der Waals surface area (Å²) in [5.74, 6) is -3.82. The predicted molar refractivity (Wildman–Crippen MR) is 140 cm³/mol. The molecule has 3 aromatic rings. The fraction of sp³-hybridized carbons (Fsp3) is 0.423. The van der Waals surface area contributed by atoms with E-state index in [1.165, 1.54) is 4.68 Å². The number of alkyl halides is 3. The molecule has 10 nitrogen and oxygen atoms in total. The number of amides is 1. The van der Waals surface area contributed by atoms with E-state index < -0.39 is 69.5 Å². The smallest absolute Gasteiger partial charge is 0.417 e. The SMILES string of the molecule is Cc1c(F)c(N)cc(-c2nc3c(c(NCc4nn(C)cc4CCO)c2F)C(=O)NCNCC[C@H](C)O3)c1C(F)(F)F. The summed E-state index contributed by atoms with van der Waals surface area (Å²) < 4.78 is 80.8. The minimum absolute atomic E-state index is 0.0284. The van der Waals surface area contributed by atoms with Gasteiger partial charge in [0.15, 0.2) is 5.82 Å². The molecule has 1 atom stereocenters. The van der Waals surface area contributed by atoms with E-state index in [1.54, 1.807) is 20.2 Å². The molecule has 0 aliphatic carbocycles. The topological polar surface area (TPSA) is 139 Å². The fourth-order valence-electron chi connectivity index (χ4n) is 4.66. The van der Waals surface area contributed by atoms with E-state index in [2.05, 4.69) is 26.0 Å². The molecule has 0 spiro atoms. The number of aryl methyl sites for hydroxylation is 1. The minimum Gasteiger partial charge on any atom is -0.474 e. The van der Waals surface area contributed by atoms with Crippen molar-refractivity contribution < 1.29 is 36.6 Å². The molecule has 41 heavy (non-hydrogen) atoms. The molecule has 1 aliphatic rings. The molecule has 0 bridgehead atoms. The van der Waals surface area contributed by atoms with Gasteiger partial charge in [0.1, 0.15) is 17.1 Å². The van der Waals surface area contributed by atoms with Gasteiger partial charge in [0.25, 0.3) is 5.91 Å². The molecule has 3 heterocycles. The molecule has 0 radical (unpaired) electrons. The zero-order valence-corrected chi connectivity index (χ0v) is 22.5. The van der Waals surface area contributed by atoms with Crippen LogP contribution in [0.2, 0.25) is 0 Å². The van der Waals surface area contributed by atoms with E-state index in [9.17, 15) is 27.5 Å². The van der Waals surface area contributed by atoms with Crippen LogP contribution >= 0.6 is 0 Å². The van der Waals surface area contributed by atoms with Crippen molar-refractivity contribution in [1.29, 1.82) is 0 Å². The summed E-state index contributed by atoms with van der Waals surface area (Å²) in [6, 6.07) is 0.665. The van der Waals surface area contributed by atoms with Crippen LogP contribution < -0.4 is 26.4 Å². The summed E-state index contributed by atoms with van der Waals surface area (Å²) in [5.41, 5.74) is 1.26. The molecule has 1 aliphatic heterocycles. The third-order valence-corrected chi connectivity index (χ3v) is 6.62. The van der Waals surface area contributed by atoms with Gasteiger partial charge < -0.3 is 26.2 Å². The number of nitrogens with two attached hydrogens (primary N) is 1. The van der Waals surface area contributed by atoms with Gasteiger partial charge in [0, 0.05) is 32.0 Å². The highest BCUT2D eigenvalue weighted by atomic mass is 19.4. The Morgan fingerprint density at radius 3 is 2.71 bits per heavy atom. The number of benzene rings is 1. The van der Waals surface area contributed by atoms with Gasteiger partial charge in [0.05, 0.1) is 41.9 Å². The van der Waals surface area contributed by atoms with Crippen molar-refractivity contribution in [2.75, 3.05) is 30.9 Å². The Morgan fingerprint density at radius 1 is 1.29 bits per heavy atom. The van der Waals surface area contributed by atoms with E-state index >= 15 is 4.39 Å². The standard InChI is InChI=1S/C26H30F5N7O3/c1-12-4-6-33-11-35-24(40)18-23(34-9-17-14(5-7-39)10-38(3)37-17)21(28)22(36-25(18)41-12)15-8-16(32)20(27)13(2)19(15)26(29,30)31/h8,10,12,33,39H,4-7,9,11,32H2,1-3H3,(H,34,36)(H,35,40)/t12-/m0/s1.